The molecule has 1 amide bonds. The average Bonchev–Trinajstić information content (AvgIpc) is 3.26. The van der Waals surface area contributed by atoms with Crippen LogP contribution in [0.25, 0.3) is 11.0 Å². The molecule has 23 heavy (non-hydrogen) atoms. The van der Waals surface area contributed by atoms with Gasteiger partial charge in [0.05, 0.1) is 5.39 Å². The van der Waals surface area contributed by atoms with Crippen LogP contribution in [0.1, 0.15) is 26.2 Å². The van der Waals surface area contributed by atoms with Gasteiger partial charge in [-0.25, -0.2) is 9.97 Å². The van der Waals surface area contributed by atoms with Gasteiger partial charge in [0.1, 0.15) is 17.8 Å². The zero-order valence-electron chi connectivity index (χ0n) is 13.7. The molecule has 1 saturated carbocycles. The molecule has 0 bridgehead atoms. The van der Waals surface area contributed by atoms with Crippen molar-refractivity contribution < 1.29 is 4.79 Å². The summed E-state index contributed by atoms with van der Waals surface area (Å²) in [7, 11) is 2.13. The van der Waals surface area contributed by atoms with E-state index < -0.39 is 0 Å². The maximum absolute atomic E-state index is 11.9. The zero-order chi connectivity index (χ0) is 16.0. The predicted octanol–water partition coefficient (Wildman–Crippen LogP) is 2.04. The van der Waals surface area contributed by atoms with E-state index in [2.05, 4.69) is 31.8 Å². The van der Waals surface area contributed by atoms with Gasteiger partial charge in [-0.05, 0) is 30.7 Å². The quantitative estimate of drug-likeness (QED) is 0.942. The van der Waals surface area contributed by atoms with Crippen molar-refractivity contribution in [2.24, 2.45) is 11.8 Å². The molecule has 2 aromatic rings. The maximum Gasteiger partial charge on any atom is 0.222 e. The molecule has 1 unspecified atom stereocenters. The summed E-state index contributed by atoms with van der Waals surface area (Å²) in [6, 6.07) is 2.54. The number of aromatic amines is 1. The molecule has 0 aromatic carbocycles. The van der Waals surface area contributed by atoms with Gasteiger partial charge in [-0.2, -0.15) is 0 Å². The molecule has 2 aliphatic rings. The van der Waals surface area contributed by atoms with Gasteiger partial charge in [0.2, 0.25) is 5.91 Å². The van der Waals surface area contributed by atoms with Gasteiger partial charge in [0, 0.05) is 38.8 Å². The van der Waals surface area contributed by atoms with E-state index in [1.807, 2.05) is 19.2 Å². The monoisotopic (exact) mass is 313 g/mol. The summed E-state index contributed by atoms with van der Waals surface area (Å²) in [5.41, 5.74) is 0.889. The van der Waals surface area contributed by atoms with Crippen LogP contribution in [0, 0.1) is 11.8 Å². The SMILES string of the molecule is CCC(=O)N1CC2C[C@@H](N(C)c3ncnc4[nH]ccc34)C[C@@H]2C1. The van der Waals surface area contributed by atoms with Crippen molar-refractivity contribution in [2.45, 2.75) is 32.2 Å². The number of rotatable bonds is 3. The fraction of sp³-hybridized carbons (Fsp3) is 0.588. The van der Waals surface area contributed by atoms with E-state index >= 15 is 0 Å². The molecule has 2 aromatic heterocycles. The molecule has 0 radical (unpaired) electrons. The minimum Gasteiger partial charge on any atom is -0.356 e. The van der Waals surface area contributed by atoms with Gasteiger partial charge >= 0.3 is 0 Å². The second-order valence-corrected chi connectivity index (χ2v) is 6.85. The lowest BCUT2D eigenvalue weighted by Gasteiger charge is -2.28. The number of carbonyl (C=O) groups excluding carboxylic acids is 1. The molecule has 2 fully saturated rings. The number of carbonyl (C=O) groups is 1. The van der Waals surface area contributed by atoms with Gasteiger partial charge in [0.15, 0.2) is 0 Å². The van der Waals surface area contributed by atoms with E-state index in [9.17, 15) is 4.79 Å². The Morgan fingerprint density at radius 3 is 2.78 bits per heavy atom. The Morgan fingerprint density at radius 2 is 2.09 bits per heavy atom. The summed E-state index contributed by atoms with van der Waals surface area (Å²) in [6.45, 7) is 3.82. The van der Waals surface area contributed by atoms with Crippen molar-refractivity contribution in [3.05, 3.63) is 18.6 Å². The molecule has 0 spiro atoms. The topological polar surface area (TPSA) is 65.1 Å². The Bertz CT molecular complexity index is 713. The van der Waals surface area contributed by atoms with Crippen molar-refractivity contribution in [1.29, 1.82) is 0 Å². The normalized spacial score (nSPS) is 26.7. The second kappa shape index (κ2) is 5.51. The second-order valence-electron chi connectivity index (χ2n) is 6.85. The minimum atomic E-state index is 0.300. The van der Waals surface area contributed by atoms with Crippen LogP contribution >= 0.6 is 0 Å². The Morgan fingerprint density at radius 1 is 1.35 bits per heavy atom. The third-order valence-electron chi connectivity index (χ3n) is 5.60. The Hall–Kier alpha value is -2.11. The standard InChI is InChI=1S/C17H23N5O/c1-3-15(23)22-8-11-6-13(7-12(11)9-22)21(2)17-14-4-5-18-16(14)19-10-20-17/h4-5,10-13H,3,6-9H2,1-2H3,(H,18,19,20)/t11-,12?,13+/m1/s1. The van der Waals surface area contributed by atoms with E-state index in [1.165, 1.54) is 0 Å². The molecule has 4 rings (SSSR count). The van der Waals surface area contributed by atoms with Crippen LogP contribution in [0.4, 0.5) is 5.82 Å². The number of aromatic nitrogens is 3. The first-order valence-electron chi connectivity index (χ1n) is 8.46. The first-order chi connectivity index (χ1) is 11.2. The Kier molecular flexibility index (Phi) is 3.47. The molecule has 6 heteroatoms. The highest BCUT2D eigenvalue weighted by Gasteiger charge is 2.43. The van der Waals surface area contributed by atoms with Crippen molar-refractivity contribution in [2.75, 3.05) is 25.0 Å². The maximum atomic E-state index is 11.9. The largest absolute Gasteiger partial charge is 0.356 e. The number of hydrogen-bond acceptors (Lipinski definition) is 4. The van der Waals surface area contributed by atoms with E-state index in [1.54, 1.807) is 6.33 Å². The summed E-state index contributed by atoms with van der Waals surface area (Å²) >= 11 is 0. The first-order valence-corrected chi connectivity index (χ1v) is 8.46. The number of hydrogen-bond donors (Lipinski definition) is 1. The van der Waals surface area contributed by atoms with Crippen molar-refractivity contribution >= 4 is 22.8 Å². The highest BCUT2D eigenvalue weighted by Crippen LogP contribution is 2.41. The average molecular weight is 313 g/mol. The van der Waals surface area contributed by atoms with E-state index in [-0.39, 0.29) is 0 Å². The number of likely N-dealkylation sites (tertiary alicyclic amines) is 1. The Labute approximate surface area is 135 Å². The van der Waals surface area contributed by atoms with Crippen LogP contribution in [-0.2, 0) is 4.79 Å². The van der Waals surface area contributed by atoms with Crippen LogP contribution in [0.5, 0.6) is 0 Å². The van der Waals surface area contributed by atoms with Crippen LogP contribution in [0.15, 0.2) is 18.6 Å². The van der Waals surface area contributed by atoms with Crippen LogP contribution in [0.2, 0.25) is 0 Å². The molecule has 1 aliphatic heterocycles. The number of nitrogens with zero attached hydrogens (tertiary/aromatic N) is 4. The van der Waals surface area contributed by atoms with Crippen LogP contribution in [-0.4, -0.2) is 51.9 Å². The molecule has 6 nitrogen and oxygen atoms in total. The van der Waals surface area contributed by atoms with Gasteiger partial charge in [-0.15, -0.1) is 0 Å². The van der Waals surface area contributed by atoms with Crippen LogP contribution < -0.4 is 4.90 Å². The Balaban J connectivity index is 1.49. The fourth-order valence-corrected chi connectivity index (χ4v) is 4.32. The number of fused-ring (bicyclic) bond motifs is 2. The van der Waals surface area contributed by atoms with Gasteiger partial charge in [-0.3, -0.25) is 4.79 Å². The van der Waals surface area contributed by atoms with E-state index in [0.29, 0.717) is 30.2 Å². The van der Waals surface area contributed by atoms with Gasteiger partial charge in [-0.1, -0.05) is 6.92 Å². The molecule has 3 atom stereocenters. The van der Waals surface area contributed by atoms with Crippen LogP contribution in [0.3, 0.4) is 0 Å². The lowest BCUT2D eigenvalue weighted by atomic mass is 10.0. The lowest BCUT2D eigenvalue weighted by Crippen LogP contribution is -2.34. The number of H-pyrrole nitrogens is 1. The van der Waals surface area contributed by atoms with E-state index in [0.717, 1.165) is 42.8 Å². The molecule has 122 valence electrons. The predicted molar refractivity (Wildman–Crippen MR) is 89.2 cm³/mol. The molecule has 1 aliphatic carbocycles. The third-order valence-corrected chi connectivity index (χ3v) is 5.60. The molecular formula is C17H23N5O. The third kappa shape index (κ3) is 2.36. The summed E-state index contributed by atoms with van der Waals surface area (Å²) in [5, 5.41) is 1.08. The lowest BCUT2D eigenvalue weighted by molar-refractivity contribution is -0.130. The fourth-order valence-electron chi connectivity index (χ4n) is 4.32. The van der Waals surface area contributed by atoms with Crippen molar-refractivity contribution in [3.8, 4) is 0 Å². The summed E-state index contributed by atoms with van der Waals surface area (Å²) in [6.07, 6.45) is 6.45. The van der Waals surface area contributed by atoms with E-state index in [4.69, 9.17) is 0 Å². The summed E-state index contributed by atoms with van der Waals surface area (Å²) in [4.78, 5) is 28.2. The molecule has 3 heterocycles. The first kappa shape index (κ1) is 14.5. The summed E-state index contributed by atoms with van der Waals surface area (Å²) in [5.74, 6) is 2.58. The van der Waals surface area contributed by atoms with Gasteiger partial charge < -0.3 is 14.8 Å². The van der Waals surface area contributed by atoms with Gasteiger partial charge in [0.25, 0.3) is 0 Å². The number of nitrogens with one attached hydrogen (secondary N) is 1. The molecule has 1 saturated heterocycles. The van der Waals surface area contributed by atoms with Crippen molar-refractivity contribution in [1.82, 2.24) is 19.9 Å². The smallest absolute Gasteiger partial charge is 0.222 e. The van der Waals surface area contributed by atoms with Crippen molar-refractivity contribution in [3.63, 3.8) is 0 Å². The summed E-state index contributed by atoms with van der Waals surface area (Å²) < 4.78 is 0. The molecule has 1 N–H and O–H groups in total. The zero-order valence-corrected chi connectivity index (χ0v) is 13.7. The highest BCUT2D eigenvalue weighted by atomic mass is 16.2. The number of amides is 1. The highest BCUT2D eigenvalue weighted by molar-refractivity contribution is 5.87. The minimum absolute atomic E-state index is 0.300. The molecular weight excluding hydrogens is 290 g/mol. The number of anilines is 1.